The van der Waals surface area contributed by atoms with Gasteiger partial charge < -0.3 is 15.6 Å². The first-order chi connectivity index (χ1) is 12.6. The highest BCUT2D eigenvalue weighted by molar-refractivity contribution is 5.94. The zero-order valence-corrected chi connectivity index (χ0v) is 14.6. The van der Waals surface area contributed by atoms with Crippen molar-refractivity contribution >= 4 is 11.9 Å². The molecule has 0 heterocycles. The highest BCUT2D eigenvalue weighted by atomic mass is 16.5. The van der Waals surface area contributed by atoms with Crippen molar-refractivity contribution in [3.8, 4) is 11.1 Å². The second-order valence-electron chi connectivity index (χ2n) is 6.53. The third kappa shape index (κ3) is 3.63. The van der Waals surface area contributed by atoms with E-state index in [4.69, 9.17) is 10.5 Å². The number of fused-ring (bicyclic) bond motifs is 3. The molecule has 0 aliphatic heterocycles. The van der Waals surface area contributed by atoms with Crippen molar-refractivity contribution in [3.63, 3.8) is 0 Å². The van der Waals surface area contributed by atoms with Crippen molar-refractivity contribution in [2.24, 2.45) is 11.7 Å². The van der Waals surface area contributed by atoms with Crippen LogP contribution in [0.3, 0.4) is 0 Å². The van der Waals surface area contributed by atoms with E-state index >= 15 is 0 Å². The van der Waals surface area contributed by atoms with Gasteiger partial charge in [-0.1, -0.05) is 55.0 Å². The second-order valence-corrected chi connectivity index (χ2v) is 6.53. The molecule has 0 aromatic heterocycles. The molecule has 1 unspecified atom stereocenters. The average molecular weight is 353 g/mol. The molecular formula is C21H23NO4. The summed E-state index contributed by atoms with van der Waals surface area (Å²) in [6, 6.07) is 16.1. The fourth-order valence-corrected chi connectivity index (χ4v) is 3.54. The number of carboxylic acids is 1. The molecule has 1 atom stereocenters. The highest BCUT2D eigenvalue weighted by Gasteiger charge is 2.32. The largest absolute Gasteiger partial charge is 0.481 e. The van der Waals surface area contributed by atoms with E-state index in [0.29, 0.717) is 19.4 Å². The predicted molar refractivity (Wildman–Crippen MR) is 98.7 cm³/mol. The van der Waals surface area contributed by atoms with Gasteiger partial charge in [-0.2, -0.15) is 0 Å². The van der Waals surface area contributed by atoms with Crippen molar-refractivity contribution in [3.05, 3.63) is 59.7 Å². The summed E-state index contributed by atoms with van der Waals surface area (Å²) >= 11 is 0. The van der Waals surface area contributed by atoms with Crippen LogP contribution in [-0.4, -0.2) is 30.2 Å². The molecular weight excluding hydrogens is 330 g/mol. The Morgan fingerprint density at radius 2 is 1.58 bits per heavy atom. The monoisotopic (exact) mass is 353 g/mol. The van der Waals surface area contributed by atoms with Gasteiger partial charge in [-0.15, -0.1) is 0 Å². The molecule has 26 heavy (non-hydrogen) atoms. The van der Waals surface area contributed by atoms with Gasteiger partial charge in [0.1, 0.15) is 6.61 Å². The average Bonchev–Trinajstić information content (AvgIpc) is 2.97. The smallest absolute Gasteiger partial charge is 0.320 e. The molecule has 3 rings (SSSR count). The summed E-state index contributed by atoms with van der Waals surface area (Å²) in [5, 5.41) is 9.32. The minimum atomic E-state index is -1.14. The van der Waals surface area contributed by atoms with Crippen LogP contribution in [0.25, 0.3) is 11.1 Å². The molecule has 0 saturated carbocycles. The predicted octanol–water partition coefficient (Wildman–Crippen LogP) is 3.17. The number of unbranched alkanes of at least 4 members (excludes halogenated alkanes) is 1. The lowest BCUT2D eigenvalue weighted by atomic mass is 9.98. The van der Waals surface area contributed by atoms with Crippen LogP contribution < -0.4 is 5.73 Å². The molecule has 0 spiro atoms. The summed E-state index contributed by atoms with van der Waals surface area (Å²) < 4.78 is 5.44. The third-order valence-electron chi connectivity index (χ3n) is 4.88. The van der Waals surface area contributed by atoms with Gasteiger partial charge in [-0.05, 0) is 41.6 Å². The van der Waals surface area contributed by atoms with Gasteiger partial charge in [0.25, 0.3) is 0 Å². The molecule has 1 aliphatic rings. The molecule has 1 aliphatic carbocycles. The van der Waals surface area contributed by atoms with Crippen LogP contribution in [0.1, 0.15) is 36.3 Å². The third-order valence-corrected chi connectivity index (χ3v) is 4.88. The molecule has 5 heteroatoms. The highest BCUT2D eigenvalue weighted by Crippen LogP contribution is 2.44. The Kier molecular flexibility index (Phi) is 5.68. The quantitative estimate of drug-likeness (QED) is 0.432. The number of carbonyl (C=O) groups excluding carboxylic acids is 1. The van der Waals surface area contributed by atoms with E-state index in [-0.39, 0.29) is 18.9 Å². The van der Waals surface area contributed by atoms with Crippen LogP contribution in [0.15, 0.2) is 48.5 Å². The summed E-state index contributed by atoms with van der Waals surface area (Å²) in [5.74, 6) is -3.01. The molecule has 2 aromatic carbocycles. The van der Waals surface area contributed by atoms with Crippen molar-refractivity contribution in [2.45, 2.75) is 25.2 Å². The zero-order chi connectivity index (χ0) is 18.5. The molecule has 3 N–H and O–H groups in total. The lowest BCUT2D eigenvalue weighted by molar-refractivity contribution is -0.159. The summed E-state index contributed by atoms with van der Waals surface area (Å²) in [4.78, 5) is 23.7. The minimum absolute atomic E-state index is 0.0650. The molecule has 136 valence electrons. The Labute approximate surface area is 152 Å². The van der Waals surface area contributed by atoms with Crippen LogP contribution >= 0.6 is 0 Å². The topological polar surface area (TPSA) is 89.6 Å². The Morgan fingerprint density at radius 1 is 1.00 bits per heavy atom. The number of ether oxygens (including phenoxy) is 1. The molecule has 0 bridgehead atoms. The van der Waals surface area contributed by atoms with E-state index in [1.807, 2.05) is 36.4 Å². The fourth-order valence-electron chi connectivity index (χ4n) is 3.54. The number of carboxylic acid groups (broad SMARTS) is 1. The lowest BCUT2D eigenvalue weighted by Crippen LogP contribution is -2.27. The first-order valence-corrected chi connectivity index (χ1v) is 8.91. The number of nitrogens with two attached hydrogens (primary N) is 1. The first kappa shape index (κ1) is 18.1. The lowest BCUT2D eigenvalue weighted by Gasteiger charge is -2.16. The van der Waals surface area contributed by atoms with Gasteiger partial charge in [-0.25, -0.2) is 0 Å². The van der Waals surface area contributed by atoms with E-state index < -0.39 is 17.9 Å². The van der Waals surface area contributed by atoms with Gasteiger partial charge in [0, 0.05) is 5.92 Å². The summed E-state index contributed by atoms with van der Waals surface area (Å²) in [7, 11) is 0. The molecule has 0 radical (unpaired) electrons. The van der Waals surface area contributed by atoms with E-state index in [0.717, 1.165) is 22.3 Å². The van der Waals surface area contributed by atoms with Crippen molar-refractivity contribution < 1.29 is 19.4 Å². The molecule has 0 fully saturated rings. The number of carbonyl (C=O) groups is 2. The number of hydrogen-bond acceptors (Lipinski definition) is 4. The number of benzene rings is 2. The standard InChI is InChI=1S/C21H23NO4/c22-12-6-5-11-18(20(23)24)21(25)26-13-19-16-9-3-1-7-14(16)15-8-2-4-10-17(15)19/h1-4,7-10,18-19H,5-6,11-13,22H2,(H,23,24). The van der Waals surface area contributed by atoms with E-state index in [2.05, 4.69) is 12.1 Å². The number of hydrogen-bond donors (Lipinski definition) is 2. The SMILES string of the molecule is NCCCCC(C(=O)O)C(=O)OCC1c2ccccc2-c2ccccc21. The number of aliphatic carboxylic acids is 1. The van der Waals surface area contributed by atoms with Gasteiger partial charge in [-0.3, -0.25) is 9.59 Å². The molecule has 0 amide bonds. The van der Waals surface area contributed by atoms with Gasteiger partial charge in [0.2, 0.25) is 0 Å². The maximum Gasteiger partial charge on any atom is 0.320 e. The van der Waals surface area contributed by atoms with E-state index in [1.54, 1.807) is 0 Å². The second kappa shape index (κ2) is 8.15. The zero-order valence-electron chi connectivity index (χ0n) is 14.6. The van der Waals surface area contributed by atoms with E-state index in [9.17, 15) is 14.7 Å². The Hall–Kier alpha value is -2.66. The van der Waals surface area contributed by atoms with E-state index in [1.165, 1.54) is 0 Å². The van der Waals surface area contributed by atoms with Crippen LogP contribution in [0, 0.1) is 5.92 Å². The molecule has 2 aromatic rings. The van der Waals surface area contributed by atoms with Crippen molar-refractivity contribution in [1.82, 2.24) is 0 Å². The normalized spacial score (nSPS) is 13.7. The number of esters is 1. The van der Waals surface area contributed by atoms with Crippen molar-refractivity contribution in [1.29, 1.82) is 0 Å². The maximum atomic E-state index is 12.3. The number of rotatable bonds is 8. The van der Waals surface area contributed by atoms with Crippen LogP contribution in [0.4, 0.5) is 0 Å². The first-order valence-electron chi connectivity index (χ1n) is 8.91. The van der Waals surface area contributed by atoms with Crippen LogP contribution in [0.5, 0.6) is 0 Å². The molecule has 5 nitrogen and oxygen atoms in total. The van der Waals surface area contributed by atoms with Crippen LogP contribution in [-0.2, 0) is 14.3 Å². The van der Waals surface area contributed by atoms with Crippen LogP contribution in [0.2, 0.25) is 0 Å². The van der Waals surface area contributed by atoms with Gasteiger partial charge >= 0.3 is 11.9 Å². The summed E-state index contributed by atoms with van der Waals surface area (Å²) in [6.07, 6.45) is 1.54. The maximum absolute atomic E-state index is 12.3. The van der Waals surface area contributed by atoms with Crippen molar-refractivity contribution in [2.75, 3.05) is 13.2 Å². The summed E-state index contributed by atoms with van der Waals surface area (Å²) in [5.41, 5.74) is 9.93. The van der Waals surface area contributed by atoms with Gasteiger partial charge in [0.05, 0.1) is 0 Å². The minimum Gasteiger partial charge on any atom is -0.481 e. The summed E-state index contributed by atoms with van der Waals surface area (Å²) in [6.45, 7) is 0.630. The van der Waals surface area contributed by atoms with Gasteiger partial charge in [0.15, 0.2) is 5.92 Å². The Morgan fingerprint density at radius 3 is 2.12 bits per heavy atom. The Bertz CT molecular complexity index is 757. The fraction of sp³-hybridized carbons (Fsp3) is 0.333. The Balaban J connectivity index is 1.73. The molecule has 0 saturated heterocycles.